The van der Waals surface area contributed by atoms with Crippen molar-refractivity contribution in [1.82, 2.24) is 15.2 Å². The maximum atomic E-state index is 11.9. The van der Waals surface area contributed by atoms with Gasteiger partial charge in [-0.25, -0.2) is 0 Å². The molecule has 0 saturated heterocycles. The molecule has 0 aliphatic carbocycles. The number of hydrogen-bond acceptors (Lipinski definition) is 3. The molecular formula is C16H26IN3O. The molecule has 0 aromatic carbocycles. The largest absolute Gasteiger partial charge is 0.352 e. The molecule has 1 heterocycles. The van der Waals surface area contributed by atoms with Crippen LogP contribution >= 0.6 is 22.6 Å². The summed E-state index contributed by atoms with van der Waals surface area (Å²) in [6.45, 7) is 8.65. The summed E-state index contributed by atoms with van der Waals surface area (Å²) in [5.41, 5.74) is 0.639. The van der Waals surface area contributed by atoms with Crippen LogP contribution in [0.4, 0.5) is 0 Å². The van der Waals surface area contributed by atoms with Gasteiger partial charge in [0.15, 0.2) is 0 Å². The number of carbonyl (C=O) groups is 1. The number of unbranched alkanes of at least 4 members (excludes halogenated alkanes) is 1. The maximum Gasteiger partial charge on any atom is 0.252 e. The van der Waals surface area contributed by atoms with E-state index in [1.807, 2.05) is 6.07 Å². The van der Waals surface area contributed by atoms with Crippen LogP contribution in [0.1, 0.15) is 49.9 Å². The predicted molar refractivity (Wildman–Crippen MR) is 95.5 cm³/mol. The lowest BCUT2D eigenvalue weighted by atomic mass is 10.2. The van der Waals surface area contributed by atoms with Crippen LogP contribution in [0.15, 0.2) is 18.5 Å². The minimum atomic E-state index is -0.0278. The molecule has 0 aliphatic rings. The van der Waals surface area contributed by atoms with Gasteiger partial charge in [0.25, 0.3) is 5.91 Å². The average molecular weight is 400 g/mol. The summed E-state index contributed by atoms with van der Waals surface area (Å²) in [6.07, 6.45) is 7.92. The molecule has 21 heavy (non-hydrogen) atoms. The molecule has 118 valence electrons. The van der Waals surface area contributed by atoms with Crippen LogP contribution < -0.4 is 5.32 Å². The molecule has 1 N–H and O–H groups in total. The van der Waals surface area contributed by atoms with Crippen LogP contribution in [0, 0.1) is 3.57 Å². The second-order valence-corrected chi connectivity index (χ2v) is 6.44. The molecule has 5 heteroatoms. The van der Waals surface area contributed by atoms with Crippen LogP contribution in [-0.4, -0.2) is 42.0 Å². The lowest BCUT2D eigenvalue weighted by Crippen LogP contribution is -2.28. The van der Waals surface area contributed by atoms with E-state index in [-0.39, 0.29) is 5.91 Å². The van der Waals surface area contributed by atoms with E-state index in [0.717, 1.165) is 29.5 Å². The molecule has 4 nitrogen and oxygen atoms in total. The minimum absolute atomic E-state index is 0.0278. The number of nitrogens with one attached hydrogen (secondary N) is 1. The quantitative estimate of drug-likeness (QED) is 0.484. The smallest absolute Gasteiger partial charge is 0.252 e. The van der Waals surface area contributed by atoms with Gasteiger partial charge in [0, 0.05) is 22.5 Å². The van der Waals surface area contributed by atoms with E-state index in [0.29, 0.717) is 5.56 Å². The van der Waals surface area contributed by atoms with Crippen molar-refractivity contribution < 1.29 is 4.79 Å². The molecule has 0 radical (unpaired) electrons. The van der Waals surface area contributed by atoms with E-state index in [1.54, 1.807) is 12.4 Å². The molecule has 1 amide bonds. The standard InChI is InChI=1S/C16H26IN3O/c1-3-8-20(9-4-2)10-6-5-7-19-16(21)14-11-15(17)13-18-12-14/h11-13H,3-10H2,1-2H3,(H,19,21)/i17-3. The lowest BCUT2D eigenvalue weighted by Gasteiger charge is -2.20. The third kappa shape index (κ3) is 7.76. The molecular weight excluding hydrogens is 374 g/mol. The topological polar surface area (TPSA) is 45.2 Å². The second kappa shape index (κ2) is 11.0. The summed E-state index contributed by atoms with van der Waals surface area (Å²) >= 11 is 2.16. The normalized spacial score (nSPS) is 10.9. The van der Waals surface area contributed by atoms with Gasteiger partial charge in [-0.15, -0.1) is 0 Å². The number of aromatic nitrogens is 1. The zero-order valence-electron chi connectivity index (χ0n) is 13.1. The Morgan fingerprint density at radius 1 is 1.19 bits per heavy atom. The first-order valence-corrected chi connectivity index (χ1v) is 8.86. The molecule has 0 aliphatic heterocycles. The van der Waals surface area contributed by atoms with Gasteiger partial charge < -0.3 is 10.2 Å². The molecule has 0 fully saturated rings. The Labute approximate surface area is 141 Å². The van der Waals surface area contributed by atoms with E-state index in [9.17, 15) is 4.79 Å². The van der Waals surface area contributed by atoms with Crippen molar-refractivity contribution in [1.29, 1.82) is 0 Å². The number of rotatable bonds is 10. The summed E-state index contributed by atoms with van der Waals surface area (Å²) in [6, 6.07) is 1.85. The van der Waals surface area contributed by atoms with Crippen LogP contribution in [0.5, 0.6) is 0 Å². The number of amides is 1. The highest BCUT2D eigenvalue weighted by atomic mass is 124. The van der Waals surface area contributed by atoms with Crippen molar-refractivity contribution in [3.63, 3.8) is 0 Å². The fourth-order valence-electron chi connectivity index (χ4n) is 2.27. The highest BCUT2D eigenvalue weighted by molar-refractivity contribution is 14.1. The van der Waals surface area contributed by atoms with Crippen molar-refractivity contribution in [3.8, 4) is 0 Å². The van der Waals surface area contributed by atoms with Crippen LogP contribution in [0.3, 0.4) is 0 Å². The highest BCUT2D eigenvalue weighted by Crippen LogP contribution is 2.05. The van der Waals surface area contributed by atoms with Crippen molar-refractivity contribution in [3.05, 3.63) is 27.6 Å². The molecule has 0 bridgehead atoms. The van der Waals surface area contributed by atoms with E-state index in [4.69, 9.17) is 0 Å². The Bertz CT molecular complexity index is 420. The Morgan fingerprint density at radius 3 is 2.52 bits per heavy atom. The first-order chi connectivity index (χ1) is 10.2. The molecule has 1 aromatic heterocycles. The van der Waals surface area contributed by atoms with Gasteiger partial charge in [0.2, 0.25) is 0 Å². The first kappa shape index (κ1) is 18.4. The van der Waals surface area contributed by atoms with Crippen molar-refractivity contribution in [2.24, 2.45) is 0 Å². The molecule has 0 unspecified atom stereocenters. The molecule has 0 atom stereocenters. The summed E-state index contributed by atoms with van der Waals surface area (Å²) in [4.78, 5) is 18.5. The van der Waals surface area contributed by atoms with Gasteiger partial charge >= 0.3 is 0 Å². The van der Waals surface area contributed by atoms with Crippen LogP contribution in [0.25, 0.3) is 0 Å². The van der Waals surface area contributed by atoms with Gasteiger partial charge in [-0.2, -0.15) is 0 Å². The van der Waals surface area contributed by atoms with Crippen molar-refractivity contribution >= 4 is 28.5 Å². The Kier molecular flexibility index (Phi) is 9.58. The SMILES string of the molecule is CCCN(CCC)CCCCNC(=O)c1cncc([124I])c1. The minimum Gasteiger partial charge on any atom is -0.352 e. The fourth-order valence-corrected chi connectivity index (χ4v) is 2.76. The monoisotopic (exact) mass is 400 g/mol. The van der Waals surface area contributed by atoms with E-state index >= 15 is 0 Å². The number of carbonyl (C=O) groups excluding carboxylic acids is 1. The first-order valence-electron chi connectivity index (χ1n) is 7.78. The van der Waals surface area contributed by atoms with Crippen LogP contribution in [0.2, 0.25) is 0 Å². The average Bonchev–Trinajstić information content (AvgIpc) is 2.47. The Hall–Kier alpha value is -0.690. The second-order valence-electron chi connectivity index (χ2n) is 5.20. The number of halogens is 1. The van der Waals surface area contributed by atoms with Crippen molar-refractivity contribution in [2.45, 2.75) is 39.5 Å². The molecule has 1 aromatic rings. The number of hydrogen-bond donors (Lipinski definition) is 1. The maximum absolute atomic E-state index is 11.9. The zero-order valence-corrected chi connectivity index (χ0v) is 15.2. The highest BCUT2D eigenvalue weighted by Gasteiger charge is 2.06. The van der Waals surface area contributed by atoms with Gasteiger partial charge in [-0.3, -0.25) is 9.78 Å². The molecule has 1 rings (SSSR count). The number of nitrogens with zero attached hydrogens (tertiary/aromatic N) is 2. The Morgan fingerprint density at radius 2 is 1.90 bits per heavy atom. The predicted octanol–water partition coefficient (Wildman–Crippen LogP) is 3.32. The third-order valence-electron chi connectivity index (χ3n) is 3.23. The molecule has 0 saturated carbocycles. The number of pyridine rings is 1. The lowest BCUT2D eigenvalue weighted by molar-refractivity contribution is 0.0952. The van der Waals surface area contributed by atoms with E-state index < -0.39 is 0 Å². The Balaban J connectivity index is 2.20. The van der Waals surface area contributed by atoms with Gasteiger partial charge in [0.05, 0.1) is 5.56 Å². The van der Waals surface area contributed by atoms with E-state index in [1.165, 1.54) is 25.9 Å². The summed E-state index contributed by atoms with van der Waals surface area (Å²) in [7, 11) is 0. The fraction of sp³-hybridized carbons (Fsp3) is 0.625. The van der Waals surface area contributed by atoms with E-state index in [2.05, 4.69) is 51.6 Å². The van der Waals surface area contributed by atoms with Gasteiger partial charge in [0.1, 0.15) is 0 Å². The van der Waals surface area contributed by atoms with Gasteiger partial charge in [-0.1, -0.05) is 13.8 Å². The van der Waals surface area contributed by atoms with Crippen molar-refractivity contribution in [2.75, 3.05) is 26.2 Å². The van der Waals surface area contributed by atoms with Gasteiger partial charge in [-0.05, 0) is 74.0 Å². The summed E-state index contributed by atoms with van der Waals surface area (Å²) in [5, 5.41) is 2.96. The summed E-state index contributed by atoms with van der Waals surface area (Å²) < 4.78 is 0.982. The zero-order chi connectivity index (χ0) is 15.5. The van der Waals surface area contributed by atoms with Crippen LogP contribution in [-0.2, 0) is 0 Å². The molecule has 0 spiro atoms. The summed E-state index contributed by atoms with van der Waals surface area (Å²) in [5.74, 6) is -0.0278. The third-order valence-corrected chi connectivity index (χ3v) is 3.82.